The van der Waals surface area contributed by atoms with Gasteiger partial charge in [-0.2, -0.15) is 0 Å². The zero-order valence-corrected chi connectivity index (χ0v) is 14.5. The molecule has 2 aromatic rings. The first-order chi connectivity index (χ1) is 9.93. The van der Waals surface area contributed by atoms with Crippen molar-refractivity contribution in [3.63, 3.8) is 0 Å². The lowest BCUT2D eigenvalue weighted by molar-refractivity contribution is 0.407. The lowest BCUT2D eigenvalue weighted by Gasteiger charge is -2.12. The topological polar surface area (TPSA) is 65.2 Å². The van der Waals surface area contributed by atoms with Gasteiger partial charge in [-0.1, -0.05) is 15.9 Å². The van der Waals surface area contributed by atoms with E-state index in [1.54, 1.807) is 25.4 Å². The van der Waals surface area contributed by atoms with Crippen LogP contribution in [0.1, 0.15) is 16.8 Å². The summed E-state index contributed by atoms with van der Waals surface area (Å²) in [6.45, 7) is 3.86. The van der Waals surface area contributed by atoms with Crippen molar-refractivity contribution in [3.8, 4) is 5.75 Å². The molecule has 0 aliphatic rings. The third-order valence-corrected chi connectivity index (χ3v) is 5.11. The van der Waals surface area contributed by atoms with Crippen molar-refractivity contribution in [1.29, 1.82) is 0 Å². The Morgan fingerprint density at radius 1 is 1.38 bits per heavy atom. The lowest BCUT2D eigenvalue weighted by atomic mass is 10.1. The normalized spacial score (nSPS) is 12.2. The maximum atomic E-state index is 12.6. The van der Waals surface area contributed by atoms with E-state index in [4.69, 9.17) is 10.5 Å². The SMILES string of the molecule is COc1c(C)cnc(CS(=O)c2cc(Br)ccc2N)c1C. The van der Waals surface area contributed by atoms with Crippen LogP contribution >= 0.6 is 15.9 Å². The molecule has 0 bridgehead atoms. The van der Waals surface area contributed by atoms with Gasteiger partial charge in [0.25, 0.3) is 0 Å². The summed E-state index contributed by atoms with van der Waals surface area (Å²) in [5.41, 5.74) is 9.06. The number of benzene rings is 1. The molecule has 0 saturated heterocycles. The smallest absolute Gasteiger partial charge is 0.128 e. The summed E-state index contributed by atoms with van der Waals surface area (Å²) in [5, 5.41) is 0. The third kappa shape index (κ3) is 3.44. The van der Waals surface area contributed by atoms with E-state index >= 15 is 0 Å². The molecule has 0 aliphatic carbocycles. The van der Waals surface area contributed by atoms with Crippen molar-refractivity contribution in [2.75, 3.05) is 12.8 Å². The first-order valence-corrected chi connectivity index (χ1v) is 8.47. The van der Waals surface area contributed by atoms with E-state index in [1.807, 2.05) is 19.9 Å². The number of aromatic nitrogens is 1. The van der Waals surface area contributed by atoms with Crippen LogP contribution in [-0.4, -0.2) is 16.3 Å². The fourth-order valence-electron chi connectivity index (χ4n) is 2.12. The van der Waals surface area contributed by atoms with E-state index in [0.717, 1.165) is 27.0 Å². The van der Waals surface area contributed by atoms with E-state index in [1.165, 1.54) is 0 Å². The van der Waals surface area contributed by atoms with Crippen LogP contribution in [0.4, 0.5) is 5.69 Å². The molecule has 112 valence electrons. The number of pyridine rings is 1. The number of halogens is 1. The first kappa shape index (κ1) is 16.0. The summed E-state index contributed by atoms with van der Waals surface area (Å²) in [6.07, 6.45) is 1.74. The fourth-order valence-corrected chi connectivity index (χ4v) is 3.92. The van der Waals surface area contributed by atoms with Crippen LogP contribution in [0, 0.1) is 13.8 Å². The molecule has 0 saturated carbocycles. The molecule has 0 fully saturated rings. The van der Waals surface area contributed by atoms with Gasteiger partial charge in [0.1, 0.15) is 5.75 Å². The average molecular weight is 369 g/mol. The number of nitrogens with zero attached hydrogens (tertiary/aromatic N) is 1. The third-order valence-electron chi connectivity index (χ3n) is 3.24. The Labute approximate surface area is 135 Å². The highest BCUT2D eigenvalue weighted by atomic mass is 79.9. The van der Waals surface area contributed by atoms with Gasteiger partial charge in [0.05, 0.1) is 34.3 Å². The van der Waals surface area contributed by atoms with Gasteiger partial charge in [0.15, 0.2) is 0 Å². The standard InChI is InChI=1S/C15H17BrN2O2S/c1-9-7-18-13(10(2)15(9)20-3)8-21(19)14-6-11(16)4-5-12(14)17/h4-7H,8,17H2,1-3H3. The van der Waals surface area contributed by atoms with E-state index in [2.05, 4.69) is 20.9 Å². The zero-order valence-electron chi connectivity index (χ0n) is 12.1. The van der Waals surface area contributed by atoms with E-state index < -0.39 is 10.8 Å². The molecule has 1 heterocycles. The molecule has 0 amide bonds. The van der Waals surface area contributed by atoms with Crippen LogP contribution in [0.15, 0.2) is 33.8 Å². The van der Waals surface area contributed by atoms with Crippen LogP contribution in [-0.2, 0) is 16.6 Å². The summed E-state index contributed by atoms with van der Waals surface area (Å²) < 4.78 is 18.8. The number of hydrogen-bond donors (Lipinski definition) is 1. The summed E-state index contributed by atoms with van der Waals surface area (Å²) in [6, 6.07) is 5.36. The Morgan fingerprint density at radius 3 is 2.76 bits per heavy atom. The number of rotatable bonds is 4. The van der Waals surface area contributed by atoms with Crippen molar-refractivity contribution >= 4 is 32.4 Å². The molecular formula is C15H17BrN2O2S. The van der Waals surface area contributed by atoms with E-state index in [0.29, 0.717) is 16.3 Å². The minimum Gasteiger partial charge on any atom is -0.496 e. The Bertz CT molecular complexity index is 704. The minimum absolute atomic E-state index is 0.309. The number of anilines is 1. The highest BCUT2D eigenvalue weighted by Gasteiger charge is 2.15. The van der Waals surface area contributed by atoms with Gasteiger partial charge < -0.3 is 10.5 Å². The van der Waals surface area contributed by atoms with Crippen molar-refractivity contribution in [2.45, 2.75) is 24.5 Å². The van der Waals surface area contributed by atoms with E-state index in [9.17, 15) is 4.21 Å². The van der Waals surface area contributed by atoms with Gasteiger partial charge in [0.2, 0.25) is 0 Å². The Hall–Kier alpha value is -1.40. The van der Waals surface area contributed by atoms with Crippen molar-refractivity contribution in [2.24, 2.45) is 0 Å². The number of nitrogens with two attached hydrogens (primary N) is 1. The summed E-state index contributed by atoms with van der Waals surface area (Å²) in [7, 11) is 0.371. The summed E-state index contributed by atoms with van der Waals surface area (Å²) in [4.78, 5) is 4.99. The second-order valence-electron chi connectivity index (χ2n) is 4.72. The maximum Gasteiger partial charge on any atom is 0.128 e. The highest BCUT2D eigenvalue weighted by Crippen LogP contribution is 2.27. The van der Waals surface area contributed by atoms with Crippen LogP contribution in [0.5, 0.6) is 5.75 Å². The molecule has 0 aliphatic heterocycles. The minimum atomic E-state index is -1.26. The molecule has 2 rings (SSSR count). The molecule has 2 N–H and O–H groups in total. The Morgan fingerprint density at radius 2 is 2.10 bits per heavy atom. The summed E-state index contributed by atoms with van der Waals surface area (Å²) in [5.74, 6) is 1.10. The van der Waals surface area contributed by atoms with Crippen molar-refractivity contribution in [1.82, 2.24) is 4.98 Å². The Kier molecular flexibility index (Phi) is 5.00. The summed E-state index contributed by atoms with van der Waals surface area (Å²) >= 11 is 3.37. The van der Waals surface area contributed by atoms with Crippen LogP contribution in [0.25, 0.3) is 0 Å². The number of hydrogen-bond acceptors (Lipinski definition) is 4. The highest BCUT2D eigenvalue weighted by molar-refractivity contribution is 9.10. The number of ether oxygens (including phenoxy) is 1. The predicted molar refractivity (Wildman–Crippen MR) is 88.9 cm³/mol. The molecule has 1 atom stereocenters. The van der Waals surface area contributed by atoms with E-state index in [-0.39, 0.29) is 0 Å². The van der Waals surface area contributed by atoms with Crippen LogP contribution in [0.2, 0.25) is 0 Å². The first-order valence-electron chi connectivity index (χ1n) is 6.36. The predicted octanol–water partition coefficient (Wildman–Crippen LogP) is 3.36. The lowest BCUT2D eigenvalue weighted by Crippen LogP contribution is -2.05. The van der Waals surface area contributed by atoms with Gasteiger partial charge in [0, 0.05) is 27.5 Å². The molecule has 1 aromatic carbocycles. The van der Waals surface area contributed by atoms with Gasteiger partial charge >= 0.3 is 0 Å². The molecular weight excluding hydrogens is 352 g/mol. The molecule has 21 heavy (non-hydrogen) atoms. The van der Waals surface area contributed by atoms with Gasteiger partial charge in [-0.15, -0.1) is 0 Å². The Balaban J connectivity index is 2.34. The van der Waals surface area contributed by atoms with Crippen LogP contribution < -0.4 is 10.5 Å². The average Bonchev–Trinajstić information content (AvgIpc) is 2.45. The van der Waals surface area contributed by atoms with Gasteiger partial charge in [-0.25, -0.2) is 0 Å². The van der Waals surface area contributed by atoms with Gasteiger partial charge in [-0.3, -0.25) is 9.19 Å². The second kappa shape index (κ2) is 6.58. The molecule has 1 unspecified atom stereocenters. The maximum absolute atomic E-state index is 12.6. The van der Waals surface area contributed by atoms with Crippen molar-refractivity contribution < 1.29 is 8.95 Å². The molecule has 6 heteroatoms. The number of methoxy groups -OCH3 is 1. The molecule has 0 spiro atoms. The molecule has 4 nitrogen and oxygen atoms in total. The number of aryl methyl sites for hydroxylation is 1. The zero-order chi connectivity index (χ0) is 15.6. The molecule has 1 aromatic heterocycles. The molecule has 0 radical (unpaired) electrons. The quantitative estimate of drug-likeness (QED) is 0.840. The fraction of sp³-hybridized carbons (Fsp3) is 0.267. The van der Waals surface area contributed by atoms with Gasteiger partial charge in [-0.05, 0) is 32.0 Å². The number of nitrogen functional groups attached to an aromatic ring is 1. The van der Waals surface area contributed by atoms with Crippen LogP contribution in [0.3, 0.4) is 0 Å². The van der Waals surface area contributed by atoms with Crippen molar-refractivity contribution in [3.05, 3.63) is 45.7 Å². The largest absolute Gasteiger partial charge is 0.496 e. The monoisotopic (exact) mass is 368 g/mol. The second-order valence-corrected chi connectivity index (χ2v) is 7.05.